The number of benzene rings is 1. The van der Waals surface area contributed by atoms with Crippen molar-refractivity contribution in [1.82, 2.24) is 0 Å². The Morgan fingerprint density at radius 1 is 0.925 bits per heavy atom. The zero-order valence-corrected chi connectivity index (χ0v) is 28.4. The Balaban J connectivity index is 3.23. The summed E-state index contributed by atoms with van der Waals surface area (Å²) in [6.07, 6.45) is 8.50. The van der Waals surface area contributed by atoms with Crippen molar-refractivity contribution in [2.75, 3.05) is 13.7 Å². The van der Waals surface area contributed by atoms with Gasteiger partial charge in [-0.1, -0.05) is 83.5 Å². The molecular weight excluding hydrogens is 537 g/mol. The first-order valence-corrected chi connectivity index (χ1v) is 19.8. The third kappa shape index (κ3) is 12.1. The molecule has 0 spiro atoms. The predicted molar refractivity (Wildman–Crippen MR) is 170 cm³/mol. The van der Waals surface area contributed by atoms with E-state index in [0.717, 1.165) is 23.7 Å². The van der Waals surface area contributed by atoms with Crippen molar-refractivity contribution >= 4 is 28.6 Å². The van der Waals surface area contributed by atoms with Crippen LogP contribution in [0, 0.1) is 0 Å². The molecule has 0 radical (unpaired) electrons. The van der Waals surface area contributed by atoms with Gasteiger partial charge in [0, 0.05) is 12.5 Å². The number of hydrogen-bond donors (Lipinski definition) is 0. The van der Waals surface area contributed by atoms with E-state index >= 15 is 0 Å². The fourth-order valence-electron chi connectivity index (χ4n) is 3.84. The lowest BCUT2D eigenvalue weighted by atomic mass is 10.1. The number of rotatable bonds is 16. The Bertz CT molecular complexity index is 996. The molecule has 40 heavy (non-hydrogen) atoms. The molecule has 0 aliphatic carbocycles. The van der Waals surface area contributed by atoms with Gasteiger partial charge >= 0.3 is 11.9 Å². The molecule has 0 heterocycles. The van der Waals surface area contributed by atoms with Crippen LogP contribution >= 0.6 is 0 Å². The van der Waals surface area contributed by atoms with Gasteiger partial charge in [0.1, 0.15) is 6.10 Å². The monoisotopic (exact) mass is 588 g/mol. The van der Waals surface area contributed by atoms with Gasteiger partial charge in [-0.05, 0) is 61.4 Å². The number of allylic oxidation sites excluding steroid dienone is 2. The molecule has 1 aromatic carbocycles. The molecule has 0 aliphatic rings. The van der Waals surface area contributed by atoms with Crippen LogP contribution in [0.2, 0.25) is 36.3 Å². The van der Waals surface area contributed by atoms with Crippen molar-refractivity contribution in [2.24, 2.45) is 0 Å². The lowest BCUT2D eigenvalue weighted by Gasteiger charge is -2.35. The minimum Gasteiger partial charge on any atom is -0.466 e. The molecule has 2 atom stereocenters. The summed E-state index contributed by atoms with van der Waals surface area (Å²) in [6, 6.07) is 11.8. The molecule has 1 aromatic rings. The lowest BCUT2D eigenvalue weighted by Crippen LogP contribution is -2.40. The Hall–Kier alpha value is -2.27. The number of methoxy groups -OCH3 is 1. The minimum absolute atomic E-state index is 0.155. The van der Waals surface area contributed by atoms with Crippen LogP contribution in [-0.2, 0) is 23.1 Å². The van der Waals surface area contributed by atoms with Crippen LogP contribution < -0.4 is 0 Å². The Kier molecular flexibility index (Phi) is 15.1. The van der Waals surface area contributed by atoms with Gasteiger partial charge in [-0.15, -0.1) is 0 Å². The fourth-order valence-corrected chi connectivity index (χ4v) is 7.59. The fraction of sp³-hybridized carbons (Fsp3) is 0.562. The van der Waals surface area contributed by atoms with Gasteiger partial charge in [0.25, 0.3) is 0 Å². The number of hydrogen-bond acceptors (Lipinski definition) is 6. The van der Waals surface area contributed by atoms with Crippen molar-refractivity contribution in [3.05, 3.63) is 71.8 Å². The highest BCUT2D eigenvalue weighted by atomic mass is 28.4. The maximum absolute atomic E-state index is 12.9. The zero-order chi connectivity index (χ0) is 30.4. The Morgan fingerprint density at radius 3 is 2.02 bits per heavy atom. The zero-order valence-electron chi connectivity index (χ0n) is 26.4. The van der Waals surface area contributed by atoms with E-state index < -0.39 is 34.7 Å². The van der Waals surface area contributed by atoms with Crippen LogP contribution in [0.5, 0.6) is 0 Å². The van der Waals surface area contributed by atoms with E-state index in [1.807, 2.05) is 6.07 Å². The first kappa shape index (κ1) is 35.8. The molecule has 0 saturated carbocycles. The Morgan fingerprint density at radius 2 is 1.50 bits per heavy atom. The lowest BCUT2D eigenvalue weighted by molar-refractivity contribution is -0.134. The standard InChI is InChI=1S/C32H52O6Si2/c1-11-40(12-2,13-3)38-29(20-19-26(4)23-24-36-39(9,10)32(5,6)7)25-28(21-22-30(33)35-8)37-31(34)27-17-15-14-16-18-27/h14-23,28-29H,11-13,24-25H2,1-10H3/b20-19+,22-21+,26-23+/t28-,29-/m1/s1. The van der Waals surface area contributed by atoms with Gasteiger partial charge in [0.05, 0.1) is 25.4 Å². The SMILES string of the molecule is CC[Si](CC)(CC)O[C@H](/C=C/C(C)=C/CO[Si](C)(C)C(C)(C)C)C[C@@H](/C=C/C(=O)OC)OC(=O)c1ccccc1. The van der Waals surface area contributed by atoms with E-state index in [0.29, 0.717) is 18.6 Å². The second kappa shape index (κ2) is 16.9. The van der Waals surface area contributed by atoms with E-state index in [-0.39, 0.29) is 11.1 Å². The molecule has 0 aromatic heterocycles. The predicted octanol–water partition coefficient (Wildman–Crippen LogP) is 8.25. The van der Waals surface area contributed by atoms with Crippen molar-refractivity contribution in [3.63, 3.8) is 0 Å². The van der Waals surface area contributed by atoms with Crippen LogP contribution in [0.1, 0.15) is 65.2 Å². The van der Waals surface area contributed by atoms with Gasteiger partial charge in [-0.2, -0.15) is 0 Å². The number of carbonyl (C=O) groups is 2. The van der Waals surface area contributed by atoms with Gasteiger partial charge in [-0.25, -0.2) is 9.59 Å². The molecule has 6 nitrogen and oxygen atoms in total. The van der Waals surface area contributed by atoms with Crippen LogP contribution in [-0.4, -0.2) is 54.5 Å². The molecule has 0 fully saturated rings. The molecule has 0 N–H and O–H groups in total. The van der Waals surface area contributed by atoms with Crippen LogP contribution in [0.15, 0.2) is 66.3 Å². The highest BCUT2D eigenvalue weighted by molar-refractivity contribution is 6.74. The first-order chi connectivity index (χ1) is 18.7. The van der Waals surface area contributed by atoms with Gasteiger partial charge < -0.3 is 18.3 Å². The molecule has 0 amide bonds. The van der Waals surface area contributed by atoms with E-state index in [1.165, 1.54) is 13.2 Å². The van der Waals surface area contributed by atoms with Crippen LogP contribution in [0.4, 0.5) is 0 Å². The molecular formula is C32H52O6Si2. The number of ether oxygens (including phenoxy) is 2. The van der Waals surface area contributed by atoms with E-state index in [1.54, 1.807) is 30.3 Å². The molecule has 0 unspecified atom stereocenters. The summed E-state index contributed by atoms with van der Waals surface area (Å²) < 4.78 is 23.8. The van der Waals surface area contributed by atoms with Crippen LogP contribution in [0.25, 0.3) is 0 Å². The summed E-state index contributed by atoms with van der Waals surface area (Å²) in [5.74, 6) is -0.958. The molecule has 1 rings (SSSR count). The smallest absolute Gasteiger partial charge is 0.338 e. The van der Waals surface area contributed by atoms with Crippen LogP contribution in [0.3, 0.4) is 0 Å². The van der Waals surface area contributed by atoms with Crippen molar-refractivity contribution in [1.29, 1.82) is 0 Å². The van der Waals surface area contributed by atoms with Gasteiger partial charge in [-0.3, -0.25) is 0 Å². The second-order valence-electron chi connectivity index (χ2n) is 11.7. The summed E-state index contributed by atoms with van der Waals surface area (Å²) in [7, 11) is -2.50. The maximum atomic E-state index is 12.9. The molecule has 0 aliphatic heterocycles. The summed E-state index contributed by atoms with van der Waals surface area (Å²) in [5.41, 5.74) is 1.53. The summed E-state index contributed by atoms with van der Waals surface area (Å²) >= 11 is 0. The van der Waals surface area contributed by atoms with E-state index in [4.69, 9.17) is 18.3 Å². The average Bonchev–Trinajstić information content (AvgIpc) is 2.92. The number of esters is 2. The highest BCUT2D eigenvalue weighted by Crippen LogP contribution is 2.36. The minimum atomic E-state index is -1.99. The summed E-state index contributed by atoms with van der Waals surface area (Å²) in [6.45, 7) is 20.4. The highest BCUT2D eigenvalue weighted by Gasteiger charge is 2.36. The van der Waals surface area contributed by atoms with E-state index in [9.17, 15) is 9.59 Å². The van der Waals surface area contributed by atoms with Gasteiger partial charge in [0.15, 0.2) is 16.6 Å². The maximum Gasteiger partial charge on any atom is 0.338 e. The topological polar surface area (TPSA) is 71.1 Å². The second-order valence-corrected chi connectivity index (χ2v) is 21.2. The average molecular weight is 589 g/mol. The first-order valence-electron chi connectivity index (χ1n) is 14.4. The van der Waals surface area contributed by atoms with Gasteiger partial charge in [0.2, 0.25) is 0 Å². The third-order valence-corrected chi connectivity index (χ3v) is 17.1. The summed E-state index contributed by atoms with van der Waals surface area (Å²) in [4.78, 5) is 24.8. The number of carbonyl (C=O) groups excluding carboxylic acids is 2. The normalized spacial score (nSPS) is 14.9. The third-order valence-electron chi connectivity index (χ3n) is 7.94. The quantitative estimate of drug-likeness (QED) is 0.0838. The Labute approximate surface area is 245 Å². The van der Waals surface area contributed by atoms with Crippen molar-refractivity contribution < 1.29 is 27.9 Å². The van der Waals surface area contributed by atoms with Crippen molar-refractivity contribution in [2.45, 2.75) is 103 Å². The molecule has 0 saturated heterocycles. The molecule has 0 bridgehead atoms. The summed E-state index contributed by atoms with van der Waals surface area (Å²) in [5, 5.41) is 0.155. The molecule has 8 heteroatoms. The van der Waals surface area contributed by atoms with Crippen molar-refractivity contribution in [3.8, 4) is 0 Å². The van der Waals surface area contributed by atoms with E-state index in [2.05, 4.69) is 79.8 Å². The molecule has 224 valence electrons. The largest absolute Gasteiger partial charge is 0.466 e.